The maximum Gasteiger partial charge on any atom is 0.225 e. The summed E-state index contributed by atoms with van der Waals surface area (Å²) in [5, 5.41) is 8.90. The van der Waals surface area contributed by atoms with Crippen LogP contribution in [0.5, 0.6) is 0 Å². The number of benzene rings is 1. The Labute approximate surface area is 113 Å². The summed E-state index contributed by atoms with van der Waals surface area (Å²) in [6.45, 7) is 4.60. The minimum atomic E-state index is 0.673. The molecule has 0 atom stereocenters. The molecule has 0 bridgehead atoms. The van der Waals surface area contributed by atoms with Gasteiger partial charge in [0.05, 0.1) is 11.6 Å². The molecule has 0 amide bonds. The third-order valence-corrected chi connectivity index (χ3v) is 2.79. The molecule has 19 heavy (non-hydrogen) atoms. The molecule has 0 unspecified atom stereocenters. The van der Waals surface area contributed by atoms with Gasteiger partial charge in [0.25, 0.3) is 0 Å². The van der Waals surface area contributed by atoms with Gasteiger partial charge in [-0.2, -0.15) is 5.26 Å². The molecule has 4 heteroatoms. The molecule has 96 valence electrons. The summed E-state index contributed by atoms with van der Waals surface area (Å²) in [6, 6.07) is 11.7. The van der Waals surface area contributed by atoms with Crippen molar-refractivity contribution >= 4 is 5.95 Å². The third-order valence-electron chi connectivity index (χ3n) is 2.79. The Morgan fingerprint density at radius 1 is 1.16 bits per heavy atom. The van der Waals surface area contributed by atoms with Crippen molar-refractivity contribution in [1.82, 2.24) is 9.97 Å². The quantitative estimate of drug-likeness (QED) is 0.842. The van der Waals surface area contributed by atoms with E-state index in [0.717, 1.165) is 17.0 Å². The molecule has 4 nitrogen and oxygen atoms in total. The molecule has 0 aliphatic heterocycles. The number of nitriles is 1. The fourth-order valence-electron chi connectivity index (χ4n) is 1.96. The lowest BCUT2D eigenvalue weighted by molar-refractivity contribution is 0.851. The second kappa shape index (κ2) is 5.49. The summed E-state index contributed by atoms with van der Waals surface area (Å²) in [4.78, 5) is 10.8. The Balaban J connectivity index is 2.20. The van der Waals surface area contributed by atoms with E-state index in [1.54, 1.807) is 6.07 Å². The lowest BCUT2D eigenvalue weighted by Gasteiger charge is -2.18. The Kier molecular flexibility index (Phi) is 3.76. The fraction of sp³-hybridized carbons (Fsp3) is 0.267. The summed E-state index contributed by atoms with van der Waals surface area (Å²) in [5.74, 6) is 0.708. The second-order valence-electron chi connectivity index (χ2n) is 4.62. The lowest BCUT2D eigenvalue weighted by Crippen LogP contribution is -2.19. The van der Waals surface area contributed by atoms with Gasteiger partial charge < -0.3 is 4.90 Å². The first-order valence-electron chi connectivity index (χ1n) is 6.11. The van der Waals surface area contributed by atoms with E-state index in [9.17, 15) is 0 Å². The summed E-state index contributed by atoms with van der Waals surface area (Å²) in [7, 11) is 1.95. The second-order valence-corrected chi connectivity index (χ2v) is 4.62. The van der Waals surface area contributed by atoms with Crippen LogP contribution in [0.1, 0.15) is 22.5 Å². The Morgan fingerprint density at radius 2 is 1.84 bits per heavy atom. The molecule has 2 aromatic rings. The highest BCUT2D eigenvalue weighted by Crippen LogP contribution is 2.13. The number of anilines is 1. The van der Waals surface area contributed by atoms with Gasteiger partial charge in [-0.15, -0.1) is 0 Å². The van der Waals surface area contributed by atoms with Gasteiger partial charge >= 0.3 is 0 Å². The third kappa shape index (κ3) is 3.29. The van der Waals surface area contributed by atoms with Gasteiger partial charge in [0.2, 0.25) is 5.95 Å². The predicted octanol–water partition coefficient (Wildman–Crippen LogP) is 2.60. The van der Waals surface area contributed by atoms with Gasteiger partial charge in [-0.1, -0.05) is 12.1 Å². The molecule has 0 radical (unpaired) electrons. The van der Waals surface area contributed by atoms with Crippen molar-refractivity contribution in [1.29, 1.82) is 5.26 Å². The van der Waals surface area contributed by atoms with Crippen molar-refractivity contribution in [2.24, 2.45) is 0 Å². The van der Waals surface area contributed by atoms with Gasteiger partial charge in [-0.25, -0.2) is 9.97 Å². The molecular weight excluding hydrogens is 236 g/mol. The maximum atomic E-state index is 8.90. The van der Waals surface area contributed by atoms with Crippen LogP contribution in [0.3, 0.4) is 0 Å². The van der Waals surface area contributed by atoms with Gasteiger partial charge in [-0.3, -0.25) is 0 Å². The van der Waals surface area contributed by atoms with Crippen LogP contribution < -0.4 is 4.90 Å². The van der Waals surface area contributed by atoms with Crippen LogP contribution in [0.4, 0.5) is 5.95 Å². The van der Waals surface area contributed by atoms with E-state index in [2.05, 4.69) is 16.0 Å². The molecule has 0 N–H and O–H groups in total. The highest BCUT2D eigenvalue weighted by molar-refractivity contribution is 5.37. The molecule has 1 heterocycles. The Morgan fingerprint density at radius 3 is 2.47 bits per heavy atom. The smallest absolute Gasteiger partial charge is 0.225 e. The topological polar surface area (TPSA) is 52.8 Å². The summed E-state index contributed by atoms with van der Waals surface area (Å²) < 4.78 is 0. The van der Waals surface area contributed by atoms with E-state index in [0.29, 0.717) is 18.1 Å². The van der Waals surface area contributed by atoms with Gasteiger partial charge in [-0.05, 0) is 37.6 Å². The Bertz CT molecular complexity index is 608. The van der Waals surface area contributed by atoms with Crippen LogP contribution in [0, 0.1) is 25.2 Å². The van der Waals surface area contributed by atoms with E-state index in [1.165, 1.54) is 0 Å². The van der Waals surface area contributed by atoms with Gasteiger partial charge in [0, 0.05) is 25.0 Å². The maximum absolute atomic E-state index is 8.90. The summed E-state index contributed by atoms with van der Waals surface area (Å²) >= 11 is 0. The molecule has 0 aliphatic rings. The normalized spacial score (nSPS) is 10.0. The first-order chi connectivity index (χ1) is 9.08. The minimum Gasteiger partial charge on any atom is -0.340 e. The van der Waals surface area contributed by atoms with Crippen molar-refractivity contribution in [2.75, 3.05) is 11.9 Å². The van der Waals surface area contributed by atoms with Crippen molar-refractivity contribution in [2.45, 2.75) is 20.4 Å². The summed E-state index contributed by atoms with van der Waals surface area (Å²) in [6.07, 6.45) is 0. The first kappa shape index (κ1) is 13.0. The molecule has 2 rings (SSSR count). The van der Waals surface area contributed by atoms with E-state index in [4.69, 9.17) is 5.26 Å². The minimum absolute atomic E-state index is 0.673. The standard InChI is InChI=1S/C15H16N4/c1-11-7-12(2)18-15(17-11)19(3)10-14-6-4-5-13(8-14)9-16/h4-8H,10H2,1-3H3. The van der Waals surface area contributed by atoms with Crippen LogP contribution in [0.15, 0.2) is 30.3 Å². The zero-order valence-electron chi connectivity index (χ0n) is 11.4. The molecule has 1 aromatic carbocycles. The largest absolute Gasteiger partial charge is 0.340 e. The van der Waals surface area contributed by atoms with Gasteiger partial charge in [0.15, 0.2) is 0 Å². The van der Waals surface area contributed by atoms with E-state index in [-0.39, 0.29) is 0 Å². The first-order valence-corrected chi connectivity index (χ1v) is 6.11. The molecule has 0 fully saturated rings. The number of aromatic nitrogens is 2. The van der Waals surface area contributed by atoms with Crippen molar-refractivity contribution < 1.29 is 0 Å². The van der Waals surface area contributed by atoms with Crippen LogP contribution in [0.25, 0.3) is 0 Å². The van der Waals surface area contributed by atoms with Crippen molar-refractivity contribution in [3.8, 4) is 6.07 Å². The highest BCUT2D eigenvalue weighted by atomic mass is 15.2. The van der Waals surface area contributed by atoms with Crippen molar-refractivity contribution in [3.63, 3.8) is 0 Å². The zero-order valence-corrected chi connectivity index (χ0v) is 11.4. The fourth-order valence-corrected chi connectivity index (χ4v) is 1.96. The van der Waals surface area contributed by atoms with E-state index >= 15 is 0 Å². The number of rotatable bonds is 3. The van der Waals surface area contributed by atoms with E-state index in [1.807, 2.05) is 50.1 Å². The number of nitrogens with zero attached hydrogens (tertiary/aromatic N) is 4. The zero-order chi connectivity index (χ0) is 13.8. The van der Waals surface area contributed by atoms with E-state index < -0.39 is 0 Å². The molecular formula is C15H16N4. The van der Waals surface area contributed by atoms with Crippen LogP contribution in [0.2, 0.25) is 0 Å². The lowest BCUT2D eigenvalue weighted by atomic mass is 10.1. The van der Waals surface area contributed by atoms with Gasteiger partial charge in [0.1, 0.15) is 0 Å². The monoisotopic (exact) mass is 252 g/mol. The predicted molar refractivity (Wildman–Crippen MR) is 74.8 cm³/mol. The average Bonchev–Trinajstić information content (AvgIpc) is 2.37. The number of hydrogen-bond donors (Lipinski definition) is 0. The molecule has 0 saturated carbocycles. The molecule has 0 saturated heterocycles. The molecule has 1 aromatic heterocycles. The average molecular weight is 252 g/mol. The van der Waals surface area contributed by atoms with Crippen LogP contribution >= 0.6 is 0 Å². The summed E-state index contributed by atoms with van der Waals surface area (Å²) in [5.41, 5.74) is 3.66. The SMILES string of the molecule is Cc1cc(C)nc(N(C)Cc2cccc(C#N)c2)n1. The molecule has 0 aliphatic carbocycles. The highest BCUT2D eigenvalue weighted by Gasteiger charge is 2.07. The van der Waals surface area contributed by atoms with Crippen LogP contribution in [-0.4, -0.2) is 17.0 Å². The van der Waals surface area contributed by atoms with Crippen LogP contribution in [-0.2, 0) is 6.54 Å². The number of aryl methyl sites for hydroxylation is 2. The van der Waals surface area contributed by atoms with Crippen molar-refractivity contribution in [3.05, 3.63) is 52.8 Å². The molecule has 0 spiro atoms. The Hall–Kier alpha value is -2.41. The number of hydrogen-bond acceptors (Lipinski definition) is 4.